The first-order valence-corrected chi connectivity index (χ1v) is 9.71. The second-order valence-electron chi connectivity index (χ2n) is 8.15. The number of carbonyl (C=O) groups excluding carboxylic acids is 1. The lowest BCUT2D eigenvalue weighted by Crippen LogP contribution is -2.42. The maximum absolute atomic E-state index is 12.2. The molecule has 28 heavy (non-hydrogen) atoms. The van der Waals surface area contributed by atoms with E-state index in [-0.39, 0.29) is 12.0 Å². The van der Waals surface area contributed by atoms with Crippen molar-refractivity contribution in [2.45, 2.75) is 39.2 Å². The Hall–Kier alpha value is -2.83. The molecule has 1 aliphatic heterocycles. The number of nitrogens with zero attached hydrogens (tertiary/aromatic N) is 3. The summed E-state index contributed by atoms with van der Waals surface area (Å²) in [4.78, 5) is 22.5. The lowest BCUT2D eigenvalue weighted by atomic mass is 9.97. The van der Waals surface area contributed by atoms with Gasteiger partial charge < -0.3 is 20.7 Å². The van der Waals surface area contributed by atoms with Gasteiger partial charge in [-0.2, -0.15) is 4.98 Å². The average Bonchev–Trinajstić information content (AvgIpc) is 2.66. The number of likely N-dealkylation sites (tertiary alicyclic amines) is 1. The molecule has 1 aromatic heterocycles. The minimum Gasteiger partial charge on any atom is -0.444 e. The summed E-state index contributed by atoms with van der Waals surface area (Å²) in [5.74, 6) is 1.45. The number of nitrogens with two attached hydrogens (primary N) is 1. The van der Waals surface area contributed by atoms with Crippen LogP contribution in [0.25, 0.3) is 11.1 Å². The molecule has 3 N–H and O–H groups in total. The first-order valence-electron chi connectivity index (χ1n) is 9.71. The molecular formula is C21H29N5O2. The van der Waals surface area contributed by atoms with E-state index < -0.39 is 5.60 Å². The van der Waals surface area contributed by atoms with Crippen molar-refractivity contribution in [1.29, 1.82) is 0 Å². The Morgan fingerprint density at radius 3 is 2.57 bits per heavy atom. The van der Waals surface area contributed by atoms with E-state index in [0.717, 1.165) is 36.3 Å². The summed E-state index contributed by atoms with van der Waals surface area (Å²) in [5.41, 5.74) is 7.31. The maximum atomic E-state index is 12.2. The molecule has 150 valence electrons. The Morgan fingerprint density at radius 2 is 1.93 bits per heavy atom. The zero-order chi connectivity index (χ0) is 20.1. The molecule has 1 amide bonds. The van der Waals surface area contributed by atoms with Crippen LogP contribution >= 0.6 is 0 Å². The lowest BCUT2D eigenvalue weighted by molar-refractivity contribution is 0.0188. The van der Waals surface area contributed by atoms with Crippen molar-refractivity contribution in [1.82, 2.24) is 14.9 Å². The molecule has 1 aromatic carbocycles. The van der Waals surface area contributed by atoms with E-state index in [1.54, 1.807) is 11.1 Å². The molecule has 1 aliphatic rings. The van der Waals surface area contributed by atoms with Gasteiger partial charge in [0.25, 0.3) is 0 Å². The molecule has 3 rings (SSSR count). The number of anilines is 2. The monoisotopic (exact) mass is 383 g/mol. The number of rotatable bonds is 4. The van der Waals surface area contributed by atoms with Crippen LogP contribution in [0.15, 0.2) is 36.5 Å². The number of carbonyl (C=O) groups is 1. The zero-order valence-corrected chi connectivity index (χ0v) is 16.8. The quantitative estimate of drug-likeness (QED) is 0.834. The van der Waals surface area contributed by atoms with Crippen LogP contribution in [0.5, 0.6) is 0 Å². The van der Waals surface area contributed by atoms with E-state index >= 15 is 0 Å². The number of ether oxygens (including phenoxy) is 1. The molecule has 1 saturated heterocycles. The van der Waals surface area contributed by atoms with Gasteiger partial charge in [-0.05, 0) is 45.1 Å². The predicted molar refractivity (Wildman–Crippen MR) is 111 cm³/mol. The first-order chi connectivity index (χ1) is 13.3. The summed E-state index contributed by atoms with van der Waals surface area (Å²) in [6.45, 7) is 7.85. The molecule has 0 unspecified atom stereocenters. The van der Waals surface area contributed by atoms with Crippen molar-refractivity contribution in [2.75, 3.05) is 30.7 Å². The average molecular weight is 383 g/mol. The van der Waals surface area contributed by atoms with E-state index in [4.69, 9.17) is 10.5 Å². The minimum atomic E-state index is -0.462. The van der Waals surface area contributed by atoms with Crippen LogP contribution in [0.2, 0.25) is 0 Å². The Bertz CT molecular complexity index is 796. The third-order valence-corrected chi connectivity index (χ3v) is 4.72. The van der Waals surface area contributed by atoms with Crippen molar-refractivity contribution in [2.24, 2.45) is 5.92 Å². The lowest BCUT2D eigenvalue weighted by Gasteiger charge is -2.33. The molecule has 0 aliphatic carbocycles. The summed E-state index contributed by atoms with van der Waals surface area (Å²) < 4.78 is 5.46. The predicted octanol–water partition coefficient (Wildman–Crippen LogP) is 3.78. The van der Waals surface area contributed by atoms with Gasteiger partial charge in [-0.15, -0.1) is 0 Å². The van der Waals surface area contributed by atoms with Crippen LogP contribution in [0.1, 0.15) is 33.6 Å². The number of aromatic nitrogens is 2. The number of piperidine rings is 1. The van der Waals surface area contributed by atoms with Crippen molar-refractivity contribution in [3.8, 4) is 11.1 Å². The van der Waals surface area contributed by atoms with Crippen LogP contribution in [0.4, 0.5) is 16.6 Å². The Morgan fingerprint density at radius 1 is 1.25 bits per heavy atom. The van der Waals surface area contributed by atoms with Crippen molar-refractivity contribution in [3.05, 3.63) is 36.5 Å². The fourth-order valence-corrected chi connectivity index (χ4v) is 3.25. The number of amides is 1. The minimum absolute atomic E-state index is 0.228. The van der Waals surface area contributed by atoms with Crippen molar-refractivity contribution >= 4 is 17.9 Å². The number of hydrogen-bond donors (Lipinski definition) is 2. The summed E-state index contributed by atoms with van der Waals surface area (Å²) in [6.07, 6.45) is 3.38. The largest absolute Gasteiger partial charge is 0.444 e. The van der Waals surface area contributed by atoms with E-state index in [1.165, 1.54) is 0 Å². The topological polar surface area (TPSA) is 93.4 Å². The van der Waals surface area contributed by atoms with Gasteiger partial charge in [-0.3, -0.25) is 0 Å². The van der Waals surface area contributed by atoms with Crippen LogP contribution in [-0.2, 0) is 4.74 Å². The van der Waals surface area contributed by atoms with Gasteiger partial charge in [0.2, 0.25) is 5.95 Å². The van der Waals surface area contributed by atoms with Gasteiger partial charge in [-0.1, -0.05) is 30.3 Å². The molecule has 0 spiro atoms. The summed E-state index contributed by atoms with van der Waals surface area (Å²) in [7, 11) is 0. The van der Waals surface area contributed by atoms with Crippen molar-refractivity contribution in [3.63, 3.8) is 0 Å². The molecule has 2 aromatic rings. The van der Waals surface area contributed by atoms with Crippen LogP contribution in [0.3, 0.4) is 0 Å². The zero-order valence-electron chi connectivity index (χ0n) is 16.8. The highest BCUT2D eigenvalue weighted by Gasteiger charge is 2.27. The van der Waals surface area contributed by atoms with E-state index in [0.29, 0.717) is 19.0 Å². The highest BCUT2D eigenvalue weighted by atomic mass is 16.6. The molecule has 7 nitrogen and oxygen atoms in total. The molecule has 0 bridgehead atoms. The van der Waals surface area contributed by atoms with E-state index in [2.05, 4.69) is 15.3 Å². The van der Waals surface area contributed by atoms with Gasteiger partial charge in [-0.25, -0.2) is 9.78 Å². The Labute approximate surface area is 166 Å². The van der Waals surface area contributed by atoms with E-state index in [9.17, 15) is 4.79 Å². The third kappa shape index (κ3) is 5.34. The van der Waals surface area contributed by atoms with Crippen LogP contribution in [0, 0.1) is 5.92 Å². The number of benzene rings is 1. The van der Waals surface area contributed by atoms with Gasteiger partial charge in [0.15, 0.2) is 0 Å². The normalized spacial score (nSPS) is 15.3. The molecular weight excluding hydrogens is 354 g/mol. The fourth-order valence-electron chi connectivity index (χ4n) is 3.25. The molecule has 0 radical (unpaired) electrons. The van der Waals surface area contributed by atoms with Crippen LogP contribution in [-0.4, -0.2) is 46.2 Å². The molecule has 7 heteroatoms. The van der Waals surface area contributed by atoms with Gasteiger partial charge >= 0.3 is 6.09 Å². The fraction of sp³-hybridized carbons (Fsp3) is 0.476. The van der Waals surface area contributed by atoms with Gasteiger partial charge in [0.05, 0.1) is 0 Å². The third-order valence-electron chi connectivity index (χ3n) is 4.72. The Balaban J connectivity index is 1.58. The number of nitrogen functional groups attached to an aromatic ring is 1. The summed E-state index contributed by atoms with van der Waals surface area (Å²) >= 11 is 0. The second kappa shape index (κ2) is 8.46. The standard InChI is InChI=1S/C21H29N5O2/c1-21(2,3)28-20(27)26-11-9-15(10-12-26)13-23-18-17(14-24-19(22)25-18)16-7-5-4-6-8-16/h4-8,14-15H,9-13H2,1-3H3,(H3,22,23,24,25). The number of nitrogens with one attached hydrogen (secondary N) is 1. The first kappa shape index (κ1) is 19.9. The van der Waals surface area contributed by atoms with Gasteiger partial charge in [0, 0.05) is 31.4 Å². The van der Waals surface area contributed by atoms with E-state index in [1.807, 2.05) is 51.1 Å². The summed E-state index contributed by atoms with van der Waals surface area (Å²) in [6, 6.07) is 10.0. The van der Waals surface area contributed by atoms with Crippen LogP contribution < -0.4 is 11.1 Å². The molecule has 0 atom stereocenters. The maximum Gasteiger partial charge on any atom is 0.410 e. The number of hydrogen-bond acceptors (Lipinski definition) is 6. The molecule has 1 fully saturated rings. The molecule has 0 saturated carbocycles. The second-order valence-corrected chi connectivity index (χ2v) is 8.15. The van der Waals surface area contributed by atoms with Crippen molar-refractivity contribution < 1.29 is 9.53 Å². The smallest absolute Gasteiger partial charge is 0.410 e. The summed E-state index contributed by atoms with van der Waals surface area (Å²) in [5, 5.41) is 3.44. The molecule has 2 heterocycles. The van der Waals surface area contributed by atoms with Gasteiger partial charge in [0.1, 0.15) is 11.4 Å². The highest BCUT2D eigenvalue weighted by Crippen LogP contribution is 2.27. The Kier molecular flexibility index (Phi) is 6.02. The highest BCUT2D eigenvalue weighted by molar-refractivity contribution is 5.75. The SMILES string of the molecule is CC(C)(C)OC(=O)N1CCC(CNc2nc(N)ncc2-c2ccccc2)CC1.